The predicted molar refractivity (Wildman–Crippen MR) is 163 cm³/mol. The second-order valence-corrected chi connectivity index (χ2v) is 28.5. The summed E-state index contributed by atoms with van der Waals surface area (Å²) in [5.41, 5.74) is 0. The Balaban J connectivity index is 0.000000555. The van der Waals surface area contributed by atoms with Gasteiger partial charge in [0.15, 0.2) is 0 Å². The van der Waals surface area contributed by atoms with E-state index in [1.807, 2.05) is 0 Å². The number of hydrogen-bond donors (Lipinski definition) is 0. The van der Waals surface area contributed by atoms with Crippen LogP contribution < -0.4 is 0 Å². The van der Waals surface area contributed by atoms with E-state index in [4.69, 9.17) is 0 Å². The van der Waals surface area contributed by atoms with Crippen molar-refractivity contribution in [1.82, 2.24) is 0 Å². The normalized spacial score (nSPS) is 19.0. The first-order chi connectivity index (χ1) is 14.8. The van der Waals surface area contributed by atoms with Gasteiger partial charge in [-0.2, -0.15) is 11.8 Å². The van der Waals surface area contributed by atoms with E-state index in [9.17, 15) is 0 Å². The Morgan fingerprint density at radius 1 is 0.515 bits per heavy atom. The predicted octanol–water partition coefficient (Wildman–Crippen LogP) is 12.5. The molecule has 0 aromatic rings. The molecule has 0 N–H and O–H groups in total. The van der Waals surface area contributed by atoms with Crippen molar-refractivity contribution in [2.75, 3.05) is 0 Å². The summed E-state index contributed by atoms with van der Waals surface area (Å²) in [5, 5.41) is 1.87. The fraction of sp³-hybridized carbons (Fsp3) is 0.929. The zero-order valence-electron chi connectivity index (χ0n) is 23.9. The van der Waals surface area contributed by atoms with Crippen LogP contribution >= 0.6 is 42.7 Å². The van der Waals surface area contributed by atoms with Crippen molar-refractivity contribution in [3.63, 3.8) is 0 Å². The Kier molecular flexibility index (Phi) is 17.0. The van der Waals surface area contributed by atoms with Gasteiger partial charge in [0.05, 0.1) is 0 Å². The van der Waals surface area contributed by atoms with E-state index >= 15 is 0 Å². The molecule has 0 unspecified atom stereocenters. The van der Waals surface area contributed by atoms with Gasteiger partial charge in [0, 0.05) is 0 Å². The third-order valence-electron chi connectivity index (χ3n) is 6.41. The molecular formula is C28H56Br2P2Pd-2. The molecule has 0 aromatic carbocycles. The van der Waals surface area contributed by atoms with Gasteiger partial charge in [0.2, 0.25) is 0 Å². The van der Waals surface area contributed by atoms with Crippen LogP contribution in [0.15, 0.2) is 0 Å². The van der Waals surface area contributed by atoms with Crippen LogP contribution in [0.1, 0.15) is 134 Å². The molecule has 0 aliphatic heterocycles. The summed E-state index contributed by atoms with van der Waals surface area (Å²) in [7, 11) is 0.0424. The van der Waals surface area contributed by atoms with E-state index in [0.717, 1.165) is 11.8 Å². The summed E-state index contributed by atoms with van der Waals surface area (Å²) in [6.45, 7) is 28.9. The monoisotopic (exact) mass is 718 g/mol. The van der Waals surface area contributed by atoms with Crippen LogP contribution in [0.3, 0.4) is 0 Å². The van der Waals surface area contributed by atoms with Crippen molar-refractivity contribution >= 4 is 42.7 Å². The number of hydrogen-bond acceptors (Lipinski definition) is 0. The first-order valence-corrected chi connectivity index (χ1v) is 22.9. The Bertz CT molecular complexity index is 426. The van der Waals surface area contributed by atoms with E-state index in [-0.39, 0.29) is 15.8 Å². The molecule has 0 saturated heterocycles. The Labute approximate surface area is 234 Å². The standard InChI is InChI=1S/2C14H28P.2BrH.Pd/c2*1-13(2,3)15(14(4,5)6)11-12-9-7-8-10-12;;;/h2*11-12H,7-10H2,1-6H3;2*1H;/q2*-1;;;+2/p-2. The minimum atomic E-state index is 0.0212. The van der Waals surface area contributed by atoms with Crippen molar-refractivity contribution in [2.24, 2.45) is 11.8 Å². The molecule has 0 radical (unpaired) electrons. The maximum absolute atomic E-state index is 3.11. The van der Waals surface area contributed by atoms with Gasteiger partial charge in [-0.25, -0.2) is 0 Å². The zero-order chi connectivity index (χ0) is 26.1. The summed E-state index contributed by atoms with van der Waals surface area (Å²) in [4.78, 5) is 0. The second-order valence-electron chi connectivity index (χ2n) is 13.9. The molecule has 2 saturated carbocycles. The number of rotatable bonds is 4. The Hall–Kier alpha value is 2.48. The fourth-order valence-electron chi connectivity index (χ4n) is 5.54. The molecule has 0 amide bonds. The first-order valence-electron chi connectivity index (χ1n) is 12.9. The summed E-state index contributed by atoms with van der Waals surface area (Å²) in [6, 6.07) is 0. The van der Waals surface area contributed by atoms with Crippen LogP contribution in [0.25, 0.3) is 0 Å². The van der Waals surface area contributed by atoms with Crippen molar-refractivity contribution in [3.05, 3.63) is 12.3 Å². The third-order valence-corrected chi connectivity index (χ3v) is 13.6. The van der Waals surface area contributed by atoms with Gasteiger partial charge in [0.25, 0.3) is 0 Å². The van der Waals surface area contributed by atoms with Gasteiger partial charge in [-0.3, -0.25) is 28.2 Å². The maximum atomic E-state index is 3.11. The van der Waals surface area contributed by atoms with E-state index in [0.29, 0.717) is 34.6 Å². The minimum absolute atomic E-state index is 0.0212. The summed E-state index contributed by atoms with van der Waals surface area (Å²) in [6.07, 6.45) is 17.1. The second kappa shape index (κ2) is 15.8. The molecule has 5 heteroatoms. The van der Waals surface area contributed by atoms with Crippen LogP contribution in [-0.4, -0.2) is 20.6 Å². The quantitative estimate of drug-likeness (QED) is 0.154. The van der Waals surface area contributed by atoms with E-state index in [1.54, 1.807) is 0 Å². The van der Waals surface area contributed by atoms with E-state index in [2.05, 4.69) is 122 Å². The van der Waals surface area contributed by atoms with Gasteiger partial charge < -0.3 is 0 Å². The molecule has 2 aliphatic carbocycles. The molecule has 204 valence electrons. The van der Waals surface area contributed by atoms with Gasteiger partial charge in [-0.1, -0.05) is 134 Å². The molecule has 0 heterocycles. The van der Waals surface area contributed by atoms with Crippen molar-refractivity contribution < 1.29 is 13.9 Å². The third kappa shape index (κ3) is 15.5. The molecule has 2 aliphatic rings. The van der Waals surface area contributed by atoms with Gasteiger partial charge in [-0.05, 0) is 20.6 Å². The van der Waals surface area contributed by atoms with Crippen molar-refractivity contribution in [1.29, 1.82) is 0 Å². The SMILES string of the molecule is CC(C)(C)P([CH-]C1CCCC1)C(C)(C)C.CC(C)(C)P([CH-]C1CCCC1)C(C)(C)C.[Br][Pd][Br]. The summed E-state index contributed by atoms with van der Waals surface area (Å²) >= 11 is 6.80. The van der Waals surface area contributed by atoms with Crippen LogP contribution in [-0.2, 0) is 13.9 Å². The molecule has 0 aromatic heterocycles. The number of halogens is 2. The van der Waals surface area contributed by atoms with Crippen molar-refractivity contribution in [3.8, 4) is 0 Å². The molecule has 0 bridgehead atoms. The molecule has 0 spiro atoms. The van der Waals surface area contributed by atoms with Crippen LogP contribution in [0.5, 0.6) is 0 Å². The van der Waals surface area contributed by atoms with Crippen LogP contribution in [0.2, 0.25) is 0 Å². The molecule has 33 heavy (non-hydrogen) atoms. The van der Waals surface area contributed by atoms with E-state index in [1.165, 1.54) is 51.4 Å². The van der Waals surface area contributed by atoms with Gasteiger partial charge in [-0.15, -0.1) is 0 Å². The zero-order valence-corrected chi connectivity index (χ0v) is 30.4. The Morgan fingerprint density at radius 3 is 0.848 bits per heavy atom. The average molecular weight is 721 g/mol. The van der Waals surface area contributed by atoms with Crippen molar-refractivity contribution in [2.45, 2.75) is 155 Å². The molecule has 2 rings (SSSR count). The van der Waals surface area contributed by atoms with Gasteiger partial charge in [0.1, 0.15) is 0 Å². The summed E-state index contributed by atoms with van der Waals surface area (Å²) in [5.74, 6) is 1.85. The molecule has 0 atom stereocenters. The average Bonchev–Trinajstić information content (AvgIpc) is 3.29. The molecule has 0 nitrogen and oxygen atoms in total. The molecule has 2 fully saturated rings. The fourth-order valence-corrected chi connectivity index (χ4v) is 12.8. The van der Waals surface area contributed by atoms with Gasteiger partial charge >= 0.3 is 40.8 Å². The Morgan fingerprint density at radius 2 is 0.697 bits per heavy atom. The van der Waals surface area contributed by atoms with Crippen LogP contribution in [0.4, 0.5) is 0 Å². The summed E-state index contributed by atoms with van der Waals surface area (Å²) < 4.78 is 0. The topological polar surface area (TPSA) is 0 Å². The first kappa shape index (κ1) is 35.5. The van der Waals surface area contributed by atoms with E-state index < -0.39 is 0 Å². The molecular weight excluding hydrogens is 664 g/mol. The van der Waals surface area contributed by atoms with Crippen LogP contribution in [0, 0.1) is 24.2 Å².